The predicted molar refractivity (Wildman–Crippen MR) is 79.6 cm³/mol. The first-order chi connectivity index (χ1) is 10.1. The average molecular weight is 314 g/mol. The highest BCUT2D eigenvalue weighted by atomic mass is 35.5. The van der Waals surface area contributed by atoms with Gasteiger partial charge in [-0.05, 0) is 18.2 Å². The van der Waals surface area contributed by atoms with Gasteiger partial charge in [-0.1, -0.05) is 17.7 Å². The smallest absolute Gasteiger partial charge is 0.223 e. The van der Waals surface area contributed by atoms with Gasteiger partial charge in [0, 0.05) is 37.6 Å². The van der Waals surface area contributed by atoms with Crippen LogP contribution in [0.25, 0.3) is 0 Å². The van der Waals surface area contributed by atoms with Crippen LogP contribution in [0.1, 0.15) is 19.3 Å². The van der Waals surface area contributed by atoms with E-state index in [0.29, 0.717) is 36.8 Å². The van der Waals surface area contributed by atoms with Crippen molar-refractivity contribution >= 4 is 17.5 Å². The third-order valence-corrected chi connectivity index (χ3v) is 3.67. The van der Waals surface area contributed by atoms with Gasteiger partial charge in [-0.2, -0.15) is 0 Å². The first-order valence-corrected chi connectivity index (χ1v) is 7.40. The van der Waals surface area contributed by atoms with Gasteiger partial charge in [0.05, 0.1) is 18.6 Å². The molecule has 21 heavy (non-hydrogen) atoms. The molecule has 1 saturated heterocycles. The molecule has 5 nitrogen and oxygen atoms in total. The molecule has 0 radical (unpaired) electrons. The standard InChI is InChI=1S/C15H20ClNO4/c16-12-2-1-3-13(10-12)21-7-4-14(18)17-11-15(19)5-8-20-9-6-15/h1-3,10,19H,4-9,11H2,(H,17,18). The first kappa shape index (κ1) is 16.1. The predicted octanol–water partition coefficient (Wildman–Crippen LogP) is 1.77. The molecule has 6 heteroatoms. The number of carbonyl (C=O) groups excluding carboxylic acids is 1. The molecule has 1 fully saturated rings. The fourth-order valence-electron chi connectivity index (χ4n) is 2.10. The van der Waals surface area contributed by atoms with Crippen LogP contribution in [-0.4, -0.2) is 43.0 Å². The molecule has 2 N–H and O–H groups in total. The Morgan fingerprint density at radius 1 is 1.43 bits per heavy atom. The number of ether oxygens (including phenoxy) is 2. The molecule has 116 valence electrons. The zero-order chi connectivity index (χ0) is 15.1. The quantitative estimate of drug-likeness (QED) is 0.840. The number of benzene rings is 1. The zero-order valence-electron chi connectivity index (χ0n) is 11.8. The van der Waals surface area contributed by atoms with Gasteiger partial charge in [0.1, 0.15) is 5.75 Å². The Labute approximate surface area is 129 Å². The van der Waals surface area contributed by atoms with E-state index >= 15 is 0 Å². The summed E-state index contributed by atoms with van der Waals surface area (Å²) in [6.07, 6.45) is 1.33. The van der Waals surface area contributed by atoms with Crippen LogP contribution in [0.3, 0.4) is 0 Å². The fraction of sp³-hybridized carbons (Fsp3) is 0.533. The summed E-state index contributed by atoms with van der Waals surface area (Å²) in [6.45, 7) is 1.59. The van der Waals surface area contributed by atoms with Crippen molar-refractivity contribution in [1.29, 1.82) is 0 Å². The Bertz CT molecular complexity index is 474. The summed E-state index contributed by atoms with van der Waals surface area (Å²) in [4.78, 5) is 11.7. The van der Waals surface area contributed by atoms with Crippen LogP contribution < -0.4 is 10.1 Å². The van der Waals surface area contributed by atoms with Crippen LogP contribution in [0.4, 0.5) is 0 Å². The zero-order valence-corrected chi connectivity index (χ0v) is 12.6. The van der Waals surface area contributed by atoms with E-state index in [9.17, 15) is 9.90 Å². The minimum Gasteiger partial charge on any atom is -0.493 e. The van der Waals surface area contributed by atoms with E-state index in [-0.39, 0.29) is 25.5 Å². The van der Waals surface area contributed by atoms with Crippen molar-refractivity contribution in [2.45, 2.75) is 24.9 Å². The van der Waals surface area contributed by atoms with Crippen LogP contribution in [0.2, 0.25) is 5.02 Å². The summed E-state index contributed by atoms with van der Waals surface area (Å²) in [5, 5.41) is 13.5. The normalized spacial score (nSPS) is 17.2. The van der Waals surface area contributed by atoms with Gasteiger partial charge in [-0.15, -0.1) is 0 Å². The molecule has 1 amide bonds. The van der Waals surface area contributed by atoms with Gasteiger partial charge < -0.3 is 19.9 Å². The molecule has 0 atom stereocenters. The molecule has 1 aromatic carbocycles. The highest BCUT2D eigenvalue weighted by Gasteiger charge is 2.29. The molecular weight excluding hydrogens is 294 g/mol. The lowest BCUT2D eigenvalue weighted by Gasteiger charge is -2.32. The maximum atomic E-state index is 11.7. The van der Waals surface area contributed by atoms with Crippen LogP contribution in [0, 0.1) is 0 Å². The maximum absolute atomic E-state index is 11.7. The van der Waals surface area contributed by atoms with Crippen molar-refractivity contribution in [3.05, 3.63) is 29.3 Å². The van der Waals surface area contributed by atoms with Gasteiger partial charge in [-0.3, -0.25) is 4.79 Å². The molecule has 0 aliphatic carbocycles. The monoisotopic (exact) mass is 313 g/mol. The van der Waals surface area contributed by atoms with E-state index < -0.39 is 5.60 Å². The summed E-state index contributed by atoms with van der Waals surface area (Å²) >= 11 is 5.84. The van der Waals surface area contributed by atoms with E-state index in [0.717, 1.165) is 0 Å². The molecule has 1 heterocycles. The van der Waals surface area contributed by atoms with Crippen LogP contribution in [-0.2, 0) is 9.53 Å². The SMILES string of the molecule is O=C(CCOc1cccc(Cl)c1)NCC1(O)CCOCC1. The number of amides is 1. The highest BCUT2D eigenvalue weighted by molar-refractivity contribution is 6.30. The Hall–Kier alpha value is -1.30. The molecule has 0 spiro atoms. The molecule has 2 rings (SSSR count). The van der Waals surface area contributed by atoms with Crippen LogP contribution >= 0.6 is 11.6 Å². The van der Waals surface area contributed by atoms with Crippen molar-refractivity contribution < 1.29 is 19.4 Å². The van der Waals surface area contributed by atoms with Crippen LogP contribution in [0.15, 0.2) is 24.3 Å². The number of carbonyl (C=O) groups is 1. The second-order valence-electron chi connectivity index (χ2n) is 5.17. The van der Waals surface area contributed by atoms with Crippen LogP contribution in [0.5, 0.6) is 5.75 Å². The van der Waals surface area contributed by atoms with Gasteiger partial charge in [0.2, 0.25) is 5.91 Å². The number of hydrogen-bond donors (Lipinski definition) is 2. The number of halogens is 1. The molecule has 0 unspecified atom stereocenters. The molecular formula is C15H20ClNO4. The first-order valence-electron chi connectivity index (χ1n) is 7.03. The van der Waals surface area contributed by atoms with Crippen molar-refractivity contribution in [3.8, 4) is 5.75 Å². The van der Waals surface area contributed by atoms with E-state index in [4.69, 9.17) is 21.1 Å². The van der Waals surface area contributed by atoms with E-state index in [1.165, 1.54) is 0 Å². The lowest BCUT2D eigenvalue weighted by molar-refractivity contribution is -0.124. The van der Waals surface area contributed by atoms with E-state index in [1.54, 1.807) is 24.3 Å². The Kier molecular flexibility index (Phi) is 5.85. The highest BCUT2D eigenvalue weighted by Crippen LogP contribution is 2.19. The van der Waals surface area contributed by atoms with Crippen molar-refractivity contribution in [1.82, 2.24) is 5.32 Å². The van der Waals surface area contributed by atoms with Gasteiger partial charge in [0.25, 0.3) is 0 Å². The molecule has 0 saturated carbocycles. The lowest BCUT2D eigenvalue weighted by atomic mass is 9.94. The fourth-order valence-corrected chi connectivity index (χ4v) is 2.28. The topological polar surface area (TPSA) is 67.8 Å². The van der Waals surface area contributed by atoms with E-state index in [1.807, 2.05) is 0 Å². The molecule has 0 bridgehead atoms. The third-order valence-electron chi connectivity index (χ3n) is 3.43. The second-order valence-corrected chi connectivity index (χ2v) is 5.61. The van der Waals surface area contributed by atoms with E-state index in [2.05, 4.69) is 5.32 Å². The molecule has 0 aromatic heterocycles. The number of hydrogen-bond acceptors (Lipinski definition) is 4. The minimum absolute atomic E-state index is 0.142. The number of nitrogens with one attached hydrogen (secondary N) is 1. The lowest BCUT2D eigenvalue weighted by Crippen LogP contribution is -2.46. The molecule has 1 aliphatic rings. The summed E-state index contributed by atoms with van der Waals surface area (Å²) in [5.41, 5.74) is -0.846. The molecule has 1 aromatic rings. The van der Waals surface area contributed by atoms with Gasteiger partial charge in [-0.25, -0.2) is 0 Å². The number of rotatable bonds is 6. The van der Waals surface area contributed by atoms with Gasteiger partial charge >= 0.3 is 0 Å². The van der Waals surface area contributed by atoms with Crippen molar-refractivity contribution in [2.24, 2.45) is 0 Å². The Balaban J connectivity index is 1.65. The van der Waals surface area contributed by atoms with Crippen molar-refractivity contribution in [2.75, 3.05) is 26.4 Å². The summed E-state index contributed by atoms with van der Waals surface area (Å²) in [5.74, 6) is 0.496. The Morgan fingerprint density at radius 3 is 2.90 bits per heavy atom. The second kappa shape index (κ2) is 7.64. The minimum atomic E-state index is -0.846. The van der Waals surface area contributed by atoms with Gasteiger partial charge in [0.15, 0.2) is 0 Å². The third kappa shape index (κ3) is 5.53. The van der Waals surface area contributed by atoms with Crippen molar-refractivity contribution in [3.63, 3.8) is 0 Å². The summed E-state index contributed by atoms with van der Waals surface area (Å²) in [6, 6.07) is 7.03. The summed E-state index contributed by atoms with van der Waals surface area (Å²) in [7, 11) is 0. The molecule has 1 aliphatic heterocycles. The largest absolute Gasteiger partial charge is 0.493 e. The Morgan fingerprint density at radius 2 is 2.19 bits per heavy atom. The number of aliphatic hydroxyl groups is 1. The average Bonchev–Trinajstić information content (AvgIpc) is 2.46. The maximum Gasteiger partial charge on any atom is 0.223 e. The summed E-state index contributed by atoms with van der Waals surface area (Å²) < 4.78 is 10.6.